The van der Waals surface area contributed by atoms with Crippen LogP contribution in [0.4, 0.5) is 0 Å². The van der Waals surface area contributed by atoms with Crippen molar-refractivity contribution in [3.05, 3.63) is 0 Å². The summed E-state index contributed by atoms with van der Waals surface area (Å²) in [5.41, 5.74) is 0. The van der Waals surface area contributed by atoms with Gasteiger partial charge in [0.1, 0.15) is 0 Å². The predicted molar refractivity (Wildman–Crippen MR) is 66.8 cm³/mol. The molecule has 0 aliphatic heterocycles. The van der Waals surface area contributed by atoms with Crippen LogP contribution in [0, 0.1) is 40.9 Å². The van der Waals surface area contributed by atoms with Gasteiger partial charge in [-0.05, 0) is 51.4 Å². The number of aliphatic hydroxyl groups excluding tert-OH is 1. The van der Waals surface area contributed by atoms with E-state index in [1.165, 1.54) is 0 Å². The Hall–Kier alpha value is -0.990. The highest BCUT2D eigenvalue weighted by Gasteiger charge is 2.20. The van der Waals surface area contributed by atoms with Crippen molar-refractivity contribution in [2.75, 3.05) is 0 Å². The first-order chi connectivity index (χ1) is 8.28. The zero-order valence-electron chi connectivity index (χ0n) is 10.4. The second-order valence-electron chi connectivity index (χ2n) is 5.47. The first-order valence-corrected chi connectivity index (χ1v) is 6.86. The van der Waals surface area contributed by atoms with E-state index in [1.54, 1.807) is 0 Å². The number of rotatable bonds is 0. The van der Waals surface area contributed by atoms with Gasteiger partial charge in [0, 0.05) is 17.8 Å². The standard InChI is InChI=1S/C15H21NO/c16-11-14-5-3-12(4-6-14)1-2-13-7-9-15(17)10-8-13/h12-15,17H,3-10H2. The summed E-state index contributed by atoms with van der Waals surface area (Å²) < 4.78 is 0. The van der Waals surface area contributed by atoms with Crippen LogP contribution in [0.25, 0.3) is 0 Å². The fraction of sp³-hybridized carbons (Fsp3) is 0.800. The molecule has 2 nitrogen and oxygen atoms in total. The third kappa shape index (κ3) is 3.76. The first-order valence-electron chi connectivity index (χ1n) is 6.86. The van der Waals surface area contributed by atoms with Crippen molar-refractivity contribution in [1.82, 2.24) is 0 Å². The molecule has 0 amide bonds. The molecule has 0 heterocycles. The van der Waals surface area contributed by atoms with Crippen molar-refractivity contribution in [1.29, 1.82) is 5.26 Å². The van der Waals surface area contributed by atoms with Crippen LogP contribution >= 0.6 is 0 Å². The van der Waals surface area contributed by atoms with Gasteiger partial charge in [0.15, 0.2) is 0 Å². The smallest absolute Gasteiger partial charge is 0.0655 e. The third-order valence-electron chi connectivity index (χ3n) is 4.10. The van der Waals surface area contributed by atoms with Crippen molar-refractivity contribution >= 4 is 0 Å². The molecule has 0 atom stereocenters. The topological polar surface area (TPSA) is 44.0 Å². The number of hydrogen-bond acceptors (Lipinski definition) is 2. The van der Waals surface area contributed by atoms with E-state index < -0.39 is 0 Å². The Morgan fingerprint density at radius 1 is 0.706 bits per heavy atom. The Kier molecular flexibility index (Phi) is 4.46. The van der Waals surface area contributed by atoms with Crippen molar-refractivity contribution in [3.8, 4) is 17.9 Å². The zero-order valence-corrected chi connectivity index (χ0v) is 10.4. The van der Waals surface area contributed by atoms with Gasteiger partial charge >= 0.3 is 0 Å². The van der Waals surface area contributed by atoms with E-state index in [4.69, 9.17) is 5.26 Å². The molecule has 0 spiro atoms. The third-order valence-corrected chi connectivity index (χ3v) is 4.10. The molecule has 2 aliphatic carbocycles. The Balaban J connectivity index is 1.76. The van der Waals surface area contributed by atoms with Gasteiger partial charge in [-0.3, -0.25) is 0 Å². The second-order valence-corrected chi connectivity index (χ2v) is 5.47. The van der Waals surface area contributed by atoms with E-state index in [-0.39, 0.29) is 12.0 Å². The van der Waals surface area contributed by atoms with E-state index in [0.29, 0.717) is 11.8 Å². The fourth-order valence-electron chi connectivity index (χ4n) is 2.82. The molecule has 0 radical (unpaired) electrons. The number of nitrogens with zero attached hydrogens (tertiary/aromatic N) is 1. The minimum atomic E-state index is -0.0842. The molecule has 2 rings (SSSR count). The van der Waals surface area contributed by atoms with Crippen LogP contribution in [0.2, 0.25) is 0 Å². The van der Waals surface area contributed by atoms with Crippen LogP contribution in [0.1, 0.15) is 51.4 Å². The van der Waals surface area contributed by atoms with Crippen molar-refractivity contribution in [3.63, 3.8) is 0 Å². The van der Waals surface area contributed by atoms with Gasteiger partial charge in [-0.15, -0.1) is 0 Å². The normalized spacial score (nSPS) is 37.6. The second kappa shape index (κ2) is 6.08. The molecule has 17 heavy (non-hydrogen) atoms. The molecule has 0 aromatic rings. The molecule has 0 saturated heterocycles. The lowest BCUT2D eigenvalue weighted by Gasteiger charge is -2.23. The van der Waals surface area contributed by atoms with Crippen molar-refractivity contribution in [2.45, 2.75) is 57.5 Å². The average Bonchev–Trinajstić information content (AvgIpc) is 2.39. The molecule has 92 valence electrons. The highest BCUT2D eigenvalue weighted by atomic mass is 16.3. The summed E-state index contributed by atoms with van der Waals surface area (Å²) in [6, 6.07) is 2.36. The van der Waals surface area contributed by atoms with E-state index in [1.807, 2.05) is 0 Å². The Labute approximate surface area is 104 Å². The molecule has 0 aromatic heterocycles. The molecule has 0 unspecified atom stereocenters. The lowest BCUT2D eigenvalue weighted by molar-refractivity contribution is 0.119. The Bertz CT molecular complexity index is 330. The van der Waals surface area contributed by atoms with Gasteiger partial charge in [0.05, 0.1) is 12.2 Å². The maximum Gasteiger partial charge on any atom is 0.0655 e. The average molecular weight is 231 g/mol. The van der Waals surface area contributed by atoms with E-state index in [2.05, 4.69) is 17.9 Å². The monoisotopic (exact) mass is 231 g/mol. The minimum Gasteiger partial charge on any atom is -0.393 e. The SMILES string of the molecule is N#CC1CCC(C#CC2CCC(O)CC2)CC1. The van der Waals surface area contributed by atoms with Gasteiger partial charge < -0.3 is 5.11 Å². The van der Waals surface area contributed by atoms with Crippen LogP contribution in [0.15, 0.2) is 0 Å². The maximum absolute atomic E-state index is 9.42. The number of aliphatic hydroxyl groups is 1. The summed E-state index contributed by atoms with van der Waals surface area (Å²) in [6.45, 7) is 0. The van der Waals surface area contributed by atoms with Gasteiger partial charge in [0.2, 0.25) is 0 Å². The Morgan fingerprint density at radius 3 is 1.59 bits per heavy atom. The van der Waals surface area contributed by atoms with E-state index in [0.717, 1.165) is 51.4 Å². The Morgan fingerprint density at radius 2 is 1.12 bits per heavy atom. The highest BCUT2D eigenvalue weighted by molar-refractivity contribution is 5.09. The molecule has 0 aromatic carbocycles. The number of hydrogen-bond donors (Lipinski definition) is 1. The van der Waals surface area contributed by atoms with Gasteiger partial charge in [-0.25, -0.2) is 0 Å². The summed E-state index contributed by atoms with van der Waals surface area (Å²) in [4.78, 5) is 0. The van der Waals surface area contributed by atoms with Gasteiger partial charge in [-0.2, -0.15) is 5.26 Å². The van der Waals surface area contributed by atoms with Crippen LogP contribution in [0.5, 0.6) is 0 Å². The van der Waals surface area contributed by atoms with Crippen molar-refractivity contribution < 1.29 is 5.11 Å². The molecule has 2 heteroatoms. The zero-order chi connectivity index (χ0) is 12.1. The summed E-state index contributed by atoms with van der Waals surface area (Å²) in [7, 11) is 0. The van der Waals surface area contributed by atoms with E-state index in [9.17, 15) is 5.11 Å². The summed E-state index contributed by atoms with van der Waals surface area (Å²) in [5.74, 6) is 8.11. The summed E-state index contributed by atoms with van der Waals surface area (Å²) >= 11 is 0. The highest BCUT2D eigenvalue weighted by Crippen LogP contribution is 2.28. The largest absolute Gasteiger partial charge is 0.393 e. The lowest BCUT2D eigenvalue weighted by Crippen LogP contribution is -2.17. The minimum absolute atomic E-state index is 0.0842. The quantitative estimate of drug-likeness (QED) is 0.651. The molecular weight excluding hydrogens is 210 g/mol. The van der Waals surface area contributed by atoms with Crippen LogP contribution in [0.3, 0.4) is 0 Å². The lowest BCUT2D eigenvalue weighted by atomic mass is 9.82. The molecule has 1 N–H and O–H groups in total. The van der Waals surface area contributed by atoms with Crippen molar-refractivity contribution in [2.24, 2.45) is 17.8 Å². The molecule has 2 fully saturated rings. The molecule has 2 saturated carbocycles. The molecule has 2 aliphatic rings. The summed E-state index contributed by atoms with van der Waals surface area (Å²) in [6.07, 6.45) is 8.11. The molecule has 0 bridgehead atoms. The first kappa shape index (κ1) is 12.5. The maximum atomic E-state index is 9.42. The predicted octanol–water partition coefficient (Wildman–Crippen LogP) is 2.87. The fourth-order valence-corrected chi connectivity index (χ4v) is 2.82. The van der Waals surface area contributed by atoms with E-state index >= 15 is 0 Å². The van der Waals surface area contributed by atoms with Crippen LogP contribution in [-0.4, -0.2) is 11.2 Å². The number of nitriles is 1. The molecular formula is C15H21NO. The van der Waals surface area contributed by atoms with Gasteiger partial charge in [0.25, 0.3) is 0 Å². The van der Waals surface area contributed by atoms with Crippen LogP contribution < -0.4 is 0 Å². The van der Waals surface area contributed by atoms with Gasteiger partial charge in [-0.1, -0.05) is 11.8 Å². The van der Waals surface area contributed by atoms with Crippen LogP contribution in [-0.2, 0) is 0 Å². The summed E-state index contributed by atoms with van der Waals surface area (Å²) in [5, 5.41) is 18.2.